The third-order valence-corrected chi connectivity index (χ3v) is 4.28. The molecule has 1 saturated heterocycles. The number of rotatable bonds is 5. The molecule has 0 spiro atoms. The van der Waals surface area contributed by atoms with Gasteiger partial charge in [0, 0.05) is 24.9 Å². The average Bonchev–Trinajstić information content (AvgIpc) is 2.85. The van der Waals surface area contributed by atoms with Crippen molar-refractivity contribution in [2.75, 3.05) is 30.8 Å². The van der Waals surface area contributed by atoms with Crippen molar-refractivity contribution in [3.8, 4) is 0 Å². The highest BCUT2D eigenvalue weighted by atomic mass is 32.2. The predicted molar refractivity (Wildman–Crippen MR) is 72.6 cm³/mol. The second-order valence-corrected chi connectivity index (χ2v) is 5.46. The number of aromatic nitrogens is 1. The Morgan fingerprint density at radius 1 is 1.53 bits per heavy atom. The normalized spacial score (nSPS) is 17.6. The van der Waals surface area contributed by atoms with E-state index in [1.54, 1.807) is 6.26 Å². The van der Waals surface area contributed by atoms with E-state index in [0.29, 0.717) is 0 Å². The van der Waals surface area contributed by atoms with E-state index in [1.807, 2.05) is 11.8 Å². The molecule has 0 aliphatic carbocycles. The average molecular weight is 255 g/mol. The second kappa shape index (κ2) is 6.31. The first-order chi connectivity index (χ1) is 8.33. The summed E-state index contributed by atoms with van der Waals surface area (Å²) < 4.78 is 5.54. The molecule has 1 N–H and O–H groups in total. The molecule has 0 aromatic carbocycles. The molecule has 0 radical (unpaired) electrons. The van der Waals surface area contributed by atoms with Gasteiger partial charge >= 0.3 is 0 Å². The van der Waals surface area contributed by atoms with Crippen molar-refractivity contribution in [2.24, 2.45) is 0 Å². The molecule has 1 aromatic heterocycles. The number of nitrogens with zero attached hydrogens (tertiary/aromatic N) is 2. The molecular formula is C12H21N3OS. The van der Waals surface area contributed by atoms with Crippen LogP contribution in [0.5, 0.6) is 0 Å². The Morgan fingerprint density at radius 3 is 2.94 bits per heavy atom. The molecule has 0 amide bonds. The Kier molecular flexibility index (Phi) is 4.74. The lowest BCUT2D eigenvalue weighted by Gasteiger charge is -2.29. The molecule has 0 atom stereocenters. The van der Waals surface area contributed by atoms with Gasteiger partial charge in [-0.2, -0.15) is 16.7 Å². The van der Waals surface area contributed by atoms with E-state index in [2.05, 4.69) is 28.4 Å². The zero-order chi connectivity index (χ0) is 12.1. The molecule has 5 heteroatoms. The summed E-state index contributed by atoms with van der Waals surface area (Å²) in [6.45, 7) is 5.97. The fraction of sp³-hybridized carbons (Fsp3) is 0.750. The van der Waals surface area contributed by atoms with E-state index in [0.717, 1.165) is 43.1 Å². The molecule has 2 heterocycles. The molecule has 0 unspecified atom stereocenters. The van der Waals surface area contributed by atoms with Gasteiger partial charge in [-0.15, -0.1) is 0 Å². The van der Waals surface area contributed by atoms with Crippen molar-refractivity contribution in [3.63, 3.8) is 0 Å². The quantitative estimate of drug-likeness (QED) is 0.873. The Bertz CT molecular complexity index is 334. The van der Waals surface area contributed by atoms with Crippen LogP contribution < -0.4 is 10.2 Å². The summed E-state index contributed by atoms with van der Waals surface area (Å²) in [5.41, 5.74) is 0.994. The molecule has 1 fully saturated rings. The zero-order valence-corrected chi connectivity index (χ0v) is 11.4. The van der Waals surface area contributed by atoms with E-state index < -0.39 is 0 Å². The minimum Gasteiger partial charge on any atom is -0.432 e. The van der Waals surface area contributed by atoms with Gasteiger partial charge in [0.2, 0.25) is 0 Å². The van der Waals surface area contributed by atoms with Gasteiger partial charge in [-0.1, -0.05) is 6.92 Å². The largest absolute Gasteiger partial charge is 0.432 e. The lowest BCUT2D eigenvalue weighted by Crippen LogP contribution is -2.34. The summed E-state index contributed by atoms with van der Waals surface area (Å²) in [5.74, 6) is 0. The number of thioether (sulfide) groups is 1. The molecule has 1 aliphatic rings. The van der Waals surface area contributed by atoms with E-state index >= 15 is 0 Å². The monoisotopic (exact) mass is 255 g/mol. The van der Waals surface area contributed by atoms with Crippen LogP contribution in [-0.4, -0.2) is 36.1 Å². The van der Waals surface area contributed by atoms with Crippen LogP contribution in [0.2, 0.25) is 0 Å². The highest BCUT2D eigenvalue weighted by Crippen LogP contribution is 2.24. The van der Waals surface area contributed by atoms with Crippen LogP contribution >= 0.6 is 11.8 Å². The van der Waals surface area contributed by atoms with E-state index in [9.17, 15) is 0 Å². The number of oxazole rings is 1. The molecule has 96 valence electrons. The van der Waals surface area contributed by atoms with Gasteiger partial charge in [0.15, 0.2) is 0 Å². The molecule has 2 rings (SSSR count). The van der Waals surface area contributed by atoms with Gasteiger partial charge in [0.05, 0.1) is 5.69 Å². The molecular weight excluding hydrogens is 234 g/mol. The molecule has 0 saturated carbocycles. The van der Waals surface area contributed by atoms with Crippen molar-refractivity contribution in [2.45, 2.75) is 31.6 Å². The molecule has 1 aromatic rings. The maximum Gasteiger partial charge on any atom is 0.297 e. The van der Waals surface area contributed by atoms with Crippen molar-refractivity contribution in [1.82, 2.24) is 10.3 Å². The number of hydrogen-bond donors (Lipinski definition) is 1. The topological polar surface area (TPSA) is 41.3 Å². The highest BCUT2D eigenvalue weighted by Gasteiger charge is 2.21. The Hall–Kier alpha value is -0.680. The number of nitrogens with one attached hydrogen (secondary N) is 1. The summed E-state index contributed by atoms with van der Waals surface area (Å²) in [5, 5.41) is 4.06. The van der Waals surface area contributed by atoms with Crippen LogP contribution in [0.3, 0.4) is 0 Å². The minimum absolute atomic E-state index is 0.789. The third kappa shape index (κ3) is 3.39. The lowest BCUT2D eigenvalue weighted by atomic mass is 10.1. The first kappa shape index (κ1) is 12.8. The summed E-state index contributed by atoms with van der Waals surface area (Å²) in [4.78, 5) is 6.76. The van der Waals surface area contributed by atoms with Gasteiger partial charge < -0.3 is 14.6 Å². The van der Waals surface area contributed by atoms with Crippen molar-refractivity contribution in [3.05, 3.63) is 12.0 Å². The summed E-state index contributed by atoms with van der Waals surface area (Å²) in [7, 11) is 0. The van der Waals surface area contributed by atoms with Crippen molar-refractivity contribution in [1.29, 1.82) is 0 Å². The molecule has 17 heavy (non-hydrogen) atoms. The number of hydrogen-bond acceptors (Lipinski definition) is 5. The SMILES string of the molecule is CCNCc1coc(N2CCC(SC)CC2)n1. The van der Waals surface area contributed by atoms with Crippen LogP contribution in [0.1, 0.15) is 25.5 Å². The number of piperidine rings is 1. The number of anilines is 1. The van der Waals surface area contributed by atoms with Crippen LogP contribution in [0, 0.1) is 0 Å². The Morgan fingerprint density at radius 2 is 2.29 bits per heavy atom. The zero-order valence-electron chi connectivity index (χ0n) is 10.6. The maximum atomic E-state index is 5.54. The summed E-state index contributed by atoms with van der Waals surface area (Å²) in [6, 6.07) is 0.789. The fourth-order valence-electron chi connectivity index (χ4n) is 2.06. The standard InChI is InChI=1S/C12H21N3OS/c1-3-13-8-10-9-16-12(14-10)15-6-4-11(17-2)5-7-15/h9,11,13H,3-8H2,1-2H3. The van der Waals surface area contributed by atoms with Crippen LogP contribution in [0.15, 0.2) is 10.7 Å². The fourth-order valence-corrected chi connectivity index (χ4v) is 2.74. The van der Waals surface area contributed by atoms with Crippen molar-refractivity contribution >= 4 is 17.8 Å². The van der Waals surface area contributed by atoms with Crippen LogP contribution in [0.25, 0.3) is 0 Å². The lowest BCUT2D eigenvalue weighted by molar-refractivity contribution is 0.496. The first-order valence-corrected chi connectivity index (χ1v) is 7.55. The first-order valence-electron chi connectivity index (χ1n) is 6.26. The third-order valence-electron chi connectivity index (χ3n) is 3.14. The predicted octanol–water partition coefficient (Wildman–Crippen LogP) is 2.12. The van der Waals surface area contributed by atoms with Gasteiger partial charge in [-0.3, -0.25) is 0 Å². The van der Waals surface area contributed by atoms with Crippen LogP contribution in [-0.2, 0) is 6.54 Å². The minimum atomic E-state index is 0.789. The van der Waals surface area contributed by atoms with E-state index in [-0.39, 0.29) is 0 Å². The smallest absolute Gasteiger partial charge is 0.297 e. The highest BCUT2D eigenvalue weighted by molar-refractivity contribution is 7.99. The Labute approximate surface area is 107 Å². The van der Waals surface area contributed by atoms with E-state index in [4.69, 9.17) is 4.42 Å². The van der Waals surface area contributed by atoms with Crippen LogP contribution in [0.4, 0.5) is 6.01 Å². The summed E-state index contributed by atoms with van der Waals surface area (Å²) in [6.07, 6.45) is 6.41. The van der Waals surface area contributed by atoms with Gasteiger partial charge in [-0.25, -0.2) is 0 Å². The summed E-state index contributed by atoms with van der Waals surface area (Å²) >= 11 is 1.97. The maximum absolute atomic E-state index is 5.54. The molecule has 1 aliphatic heterocycles. The molecule has 4 nitrogen and oxygen atoms in total. The van der Waals surface area contributed by atoms with Gasteiger partial charge in [-0.05, 0) is 25.6 Å². The second-order valence-electron chi connectivity index (χ2n) is 4.32. The van der Waals surface area contributed by atoms with Gasteiger partial charge in [0.1, 0.15) is 6.26 Å². The molecule has 0 bridgehead atoms. The van der Waals surface area contributed by atoms with Gasteiger partial charge in [0.25, 0.3) is 6.01 Å². The Balaban J connectivity index is 1.87. The van der Waals surface area contributed by atoms with E-state index in [1.165, 1.54) is 12.8 Å². The van der Waals surface area contributed by atoms with Crippen molar-refractivity contribution < 1.29 is 4.42 Å².